The fraction of sp³-hybridized carbons (Fsp3) is 0.154. The first-order valence-electron chi connectivity index (χ1n) is 5.92. The molecule has 0 aliphatic carbocycles. The van der Waals surface area contributed by atoms with E-state index in [0.29, 0.717) is 22.0 Å². The Kier molecular flexibility index (Phi) is 4.87. The zero-order chi connectivity index (χ0) is 15.4. The highest BCUT2D eigenvalue weighted by Crippen LogP contribution is 2.27. The van der Waals surface area contributed by atoms with Gasteiger partial charge in [0.05, 0.1) is 4.92 Å². The number of benzene rings is 1. The molecule has 8 heteroatoms. The van der Waals surface area contributed by atoms with Crippen LogP contribution in [0.4, 0.5) is 17.2 Å². The van der Waals surface area contributed by atoms with Crippen LogP contribution in [0.1, 0.15) is 5.56 Å². The van der Waals surface area contributed by atoms with Crippen molar-refractivity contribution in [1.29, 1.82) is 0 Å². The molecule has 1 aromatic carbocycles. The van der Waals surface area contributed by atoms with Crippen LogP contribution < -0.4 is 5.32 Å². The van der Waals surface area contributed by atoms with E-state index in [1.54, 1.807) is 24.5 Å². The van der Waals surface area contributed by atoms with Crippen molar-refractivity contribution in [2.24, 2.45) is 0 Å². The Morgan fingerprint density at radius 2 is 2.19 bits per heavy atom. The summed E-state index contributed by atoms with van der Waals surface area (Å²) in [7, 11) is -1.03. The van der Waals surface area contributed by atoms with Crippen molar-refractivity contribution in [3.8, 4) is 0 Å². The third-order valence-electron chi connectivity index (χ3n) is 2.65. The average Bonchev–Trinajstić information content (AvgIpc) is 2.42. The van der Waals surface area contributed by atoms with E-state index in [9.17, 15) is 14.3 Å². The molecule has 1 atom stereocenters. The van der Waals surface area contributed by atoms with Gasteiger partial charge in [-0.1, -0.05) is 11.6 Å². The maximum Gasteiger partial charge on any atom is 0.311 e. The molecule has 0 amide bonds. The monoisotopic (exact) mass is 325 g/mol. The summed E-state index contributed by atoms with van der Waals surface area (Å²) in [5.41, 5.74) is 1.19. The summed E-state index contributed by atoms with van der Waals surface area (Å²) in [6.07, 6.45) is 3.05. The van der Waals surface area contributed by atoms with Crippen LogP contribution in [0.5, 0.6) is 0 Å². The van der Waals surface area contributed by atoms with E-state index in [4.69, 9.17) is 11.6 Å². The second-order valence-corrected chi connectivity index (χ2v) is 6.12. The molecule has 1 N–H and O–H groups in total. The molecule has 2 rings (SSSR count). The van der Waals surface area contributed by atoms with E-state index in [2.05, 4.69) is 10.3 Å². The molecule has 0 spiro atoms. The lowest BCUT2D eigenvalue weighted by Crippen LogP contribution is -2.00. The van der Waals surface area contributed by atoms with Gasteiger partial charge >= 0.3 is 5.69 Å². The Labute approximate surface area is 128 Å². The molecule has 0 aliphatic heterocycles. The van der Waals surface area contributed by atoms with Crippen molar-refractivity contribution in [2.45, 2.75) is 5.75 Å². The molecule has 110 valence electrons. The Hall–Kier alpha value is -1.99. The second-order valence-electron chi connectivity index (χ2n) is 4.28. The summed E-state index contributed by atoms with van der Waals surface area (Å²) >= 11 is 6.04. The van der Waals surface area contributed by atoms with Gasteiger partial charge in [0.1, 0.15) is 0 Å². The zero-order valence-corrected chi connectivity index (χ0v) is 12.6. The third kappa shape index (κ3) is 3.99. The van der Waals surface area contributed by atoms with Gasteiger partial charge in [0.25, 0.3) is 0 Å². The van der Waals surface area contributed by atoms with Crippen LogP contribution in [0, 0.1) is 10.1 Å². The van der Waals surface area contributed by atoms with Gasteiger partial charge in [0.2, 0.25) is 5.82 Å². The number of hydrogen-bond donors (Lipinski definition) is 1. The highest BCUT2D eigenvalue weighted by molar-refractivity contribution is 7.83. The lowest BCUT2D eigenvalue weighted by Gasteiger charge is -2.09. The Morgan fingerprint density at radius 3 is 2.86 bits per heavy atom. The molecule has 1 unspecified atom stereocenters. The van der Waals surface area contributed by atoms with Gasteiger partial charge in [-0.3, -0.25) is 14.3 Å². The number of aromatic nitrogens is 1. The molecule has 21 heavy (non-hydrogen) atoms. The number of pyridine rings is 1. The quantitative estimate of drug-likeness (QED) is 0.673. The minimum Gasteiger partial charge on any atom is -0.334 e. The molecule has 0 radical (unpaired) electrons. The normalized spacial score (nSPS) is 11.9. The van der Waals surface area contributed by atoms with E-state index in [0.717, 1.165) is 0 Å². The summed E-state index contributed by atoms with van der Waals surface area (Å²) in [5.74, 6) is 0.465. The van der Waals surface area contributed by atoms with E-state index in [-0.39, 0.29) is 11.5 Å². The summed E-state index contributed by atoms with van der Waals surface area (Å²) in [6.45, 7) is 0. The fourth-order valence-electron chi connectivity index (χ4n) is 1.76. The predicted molar refractivity (Wildman–Crippen MR) is 83.4 cm³/mol. The largest absolute Gasteiger partial charge is 0.334 e. The summed E-state index contributed by atoms with van der Waals surface area (Å²) in [4.78, 5) is 14.4. The van der Waals surface area contributed by atoms with E-state index in [1.165, 1.54) is 18.3 Å². The van der Waals surface area contributed by atoms with Crippen molar-refractivity contribution < 1.29 is 9.13 Å². The smallest absolute Gasteiger partial charge is 0.311 e. The van der Waals surface area contributed by atoms with Crippen LogP contribution >= 0.6 is 11.6 Å². The molecular formula is C13H12ClN3O3S. The zero-order valence-electron chi connectivity index (χ0n) is 11.1. The maximum atomic E-state index is 11.3. The first kappa shape index (κ1) is 15.4. The molecule has 0 aliphatic rings. The van der Waals surface area contributed by atoms with Crippen LogP contribution in [0.2, 0.25) is 5.02 Å². The minimum absolute atomic E-state index is 0.118. The molecule has 0 saturated heterocycles. The van der Waals surface area contributed by atoms with Gasteiger partial charge in [-0.15, -0.1) is 0 Å². The molecular weight excluding hydrogens is 314 g/mol. The van der Waals surface area contributed by atoms with Crippen LogP contribution in [-0.2, 0) is 16.6 Å². The number of anilines is 2. The summed E-state index contributed by atoms with van der Waals surface area (Å²) < 4.78 is 11.3. The Bertz CT molecular complexity index is 709. The number of hydrogen-bond acceptors (Lipinski definition) is 5. The predicted octanol–water partition coefficient (Wildman–Crippen LogP) is 3.27. The van der Waals surface area contributed by atoms with Crippen molar-refractivity contribution in [2.75, 3.05) is 11.6 Å². The molecule has 1 heterocycles. The Balaban J connectivity index is 2.32. The maximum absolute atomic E-state index is 11.3. The van der Waals surface area contributed by atoms with Crippen LogP contribution in [-0.4, -0.2) is 20.4 Å². The highest BCUT2D eigenvalue weighted by Gasteiger charge is 2.14. The second kappa shape index (κ2) is 6.64. The highest BCUT2D eigenvalue weighted by atomic mass is 35.5. The topological polar surface area (TPSA) is 85.1 Å². The number of halogens is 1. The number of nitrogens with zero attached hydrogens (tertiary/aromatic N) is 2. The molecule has 0 fully saturated rings. The van der Waals surface area contributed by atoms with Crippen LogP contribution in [0.15, 0.2) is 36.5 Å². The third-order valence-corrected chi connectivity index (χ3v) is 3.74. The van der Waals surface area contributed by atoms with Gasteiger partial charge in [0, 0.05) is 45.8 Å². The number of rotatable bonds is 5. The van der Waals surface area contributed by atoms with Crippen LogP contribution in [0.3, 0.4) is 0 Å². The first-order chi connectivity index (χ1) is 9.97. The van der Waals surface area contributed by atoms with Gasteiger partial charge in [-0.25, -0.2) is 4.98 Å². The van der Waals surface area contributed by atoms with Crippen molar-refractivity contribution in [1.82, 2.24) is 4.98 Å². The van der Waals surface area contributed by atoms with Crippen molar-refractivity contribution >= 4 is 39.6 Å². The Morgan fingerprint density at radius 1 is 1.43 bits per heavy atom. The van der Waals surface area contributed by atoms with E-state index < -0.39 is 15.7 Å². The van der Waals surface area contributed by atoms with Gasteiger partial charge < -0.3 is 5.32 Å². The molecule has 2 aromatic rings. The van der Waals surface area contributed by atoms with Crippen molar-refractivity contribution in [3.05, 3.63) is 57.2 Å². The standard InChI is InChI=1S/C13H12ClN3O3S/c1-21(20)8-9-7-10(4-5-11(9)14)16-13-12(17(18)19)3-2-6-15-13/h2-7H,8H2,1H3,(H,15,16). The van der Waals surface area contributed by atoms with E-state index in [1.807, 2.05) is 0 Å². The number of nitro groups is 1. The lowest BCUT2D eigenvalue weighted by atomic mass is 10.2. The van der Waals surface area contributed by atoms with Crippen molar-refractivity contribution in [3.63, 3.8) is 0 Å². The first-order valence-corrected chi connectivity index (χ1v) is 8.03. The molecule has 6 nitrogen and oxygen atoms in total. The summed E-state index contributed by atoms with van der Waals surface area (Å²) in [5, 5.41) is 14.3. The van der Waals surface area contributed by atoms with E-state index >= 15 is 0 Å². The minimum atomic E-state index is -1.03. The summed E-state index contributed by atoms with van der Waals surface area (Å²) in [6, 6.07) is 7.91. The average molecular weight is 326 g/mol. The number of nitrogens with one attached hydrogen (secondary N) is 1. The fourth-order valence-corrected chi connectivity index (χ4v) is 2.70. The molecule has 1 aromatic heterocycles. The van der Waals surface area contributed by atoms with Gasteiger partial charge in [-0.2, -0.15) is 0 Å². The van der Waals surface area contributed by atoms with Crippen LogP contribution in [0.25, 0.3) is 0 Å². The van der Waals surface area contributed by atoms with Gasteiger partial charge in [0.15, 0.2) is 0 Å². The SMILES string of the molecule is CS(=O)Cc1cc(Nc2ncccc2[N+](=O)[O-])ccc1Cl. The van der Waals surface area contributed by atoms with Gasteiger partial charge in [-0.05, 0) is 29.8 Å². The molecule has 0 bridgehead atoms. The lowest BCUT2D eigenvalue weighted by molar-refractivity contribution is -0.384. The molecule has 0 saturated carbocycles.